The Balaban J connectivity index is 0.00000261. The van der Waals surface area contributed by atoms with Crippen LogP contribution < -0.4 is 15.4 Å². The van der Waals surface area contributed by atoms with E-state index in [1.807, 2.05) is 30.5 Å². The van der Waals surface area contributed by atoms with Gasteiger partial charge < -0.3 is 10.1 Å². The SMILES string of the molecule is CSc1ccc(OC(C)C(=O)Nc2nc(C3CCNCC3)nn2C)cc1.Cl. The molecular formula is C18H26ClN5O2S. The highest BCUT2D eigenvalue weighted by molar-refractivity contribution is 7.98. The molecule has 1 aromatic carbocycles. The monoisotopic (exact) mass is 411 g/mol. The molecule has 1 aliphatic heterocycles. The third-order valence-corrected chi connectivity index (χ3v) is 5.20. The molecule has 148 valence electrons. The van der Waals surface area contributed by atoms with Gasteiger partial charge in [0.1, 0.15) is 5.75 Å². The van der Waals surface area contributed by atoms with Crippen molar-refractivity contribution < 1.29 is 9.53 Å². The molecule has 1 aromatic heterocycles. The van der Waals surface area contributed by atoms with E-state index in [0.717, 1.165) is 36.7 Å². The standard InChI is InChI=1S/C18H25N5O2S.ClH/c1-12(25-14-4-6-15(26-3)7-5-14)17(24)21-18-20-16(22-23(18)2)13-8-10-19-11-9-13;/h4-7,12-13,19H,8-11H2,1-3H3,(H,20,21,22,24);1H. The summed E-state index contributed by atoms with van der Waals surface area (Å²) in [6.07, 6.45) is 3.42. The largest absolute Gasteiger partial charge is 0.481 e. The number of rotatable bonds is 6. The molecule has 1 fully saturated rings. The second-order valence-electron chi connectivity index (χ2n) is 6.37. The lowest BCUT2D eigenvalue weighted by atomic mass is 9.98. The molecule has 0 saturated carbocycles. The van der Waals surface area contributed by atoms with Crippen LogP contribution in [0.3, 0.4) is 0 Å². The van der Waals surface area contributed by atoms with Gasteiger partial charge in [0, 0.05) is 17.9 Å². The lowest BCUT2D eigenvalue weighted by molar-refractivity contribution is -0.122. The quantitative estimate of drug-likeness (QED) is 0.711. The van der Waals surface area contributed by atoms with Crippen molar-refractivity contribution in [2.24, 2.45) is 7.05 Å². The van der Waals surface area contributed by atoms with Crippen LogP contribution in [-0.4, -0.2) is 46.1 Å². The maximum Gasteiger partial charge on any atom is 0.267 e. The van der Waals surface area contributed by atoms with E-state index in [-0.39, 0.29) is 18.3 Å². The van der Waals surface area contributed by atoms with Crippen LogP contribution in [0, 0.1) is 0 Å². The lowest BCUT2D eigenvalue weighted by Gasteiger charge is -2.19. The van der Waals surface area contributed by atoms with Gasteiger partial charge in [-0.15, -0.1) is 24.2 Å². The molecule has 7 nitrogen and oxygen atoms in total. The number of benzene rings is 1. The lowest BCUT2D eigenvalue weighted by Crippen LogP contribution is -2.31. The number of carbonyl (C=O) groups is 1. The first-order chi connectivity index (χ1) is 12.6. The van der Waals surface area contributed by atoms with Crippen molar-refractivity contribution in [2.75, 3.05) is 24.7 Å². The normalized spacial score (nSPS) is 15.7. The molecule has 2 aromatic rings. The Kier molecular flexibility index (Phi) is 7.94. The molecule has 1 unspecified atom stereocenters. The van der Waals surface area contributed by atoms with Crippen LogP contribution in [0.5, 0.6) is 5.75 Å². The minimum absolute atomic E-state index is 0. The highest BCUT2D eigenvalue weighted by Gasteiger charge is 2.23. The number of anilines is 1. The third-order valence-electron chi connectivity index (χ3n) is 4.46. The summed E-state index contributed by atoms with van der Waals surface area (Å²) in [5.74, 6) is 2.02. The smallest absolute Gasteiger partial charge is 0.267 e. The van der Waals surface area contributed by atoms with Crippen LogP contribution in [0.15, 0.2) is 29.2 Å². The van der Waals surface area contributed by atoms with E-state index < -0.39 is 6.10 Å². The predicted molar refractivity (Wildman–Crippen MR) is 110 cm³/mol. The van der Waals surface area contributed by atoms with E-state index >= 15 is 0 Å². The minimum atomic E-state index is -0.630. The van der Waals surface area contributed by atoms with Gasteiger partial charge in [-0.25, -0.2) is 4.68 Å². The van der Waals surface area contributed by atoms with Gasteiger partial charge in [-0.1, -0.05) is 0 Å². The number of halogens is 1. The topological polar surface area (TPSA) is 81.1 Å². The fraction of sp³-hybridized carbons (Fsp3) is 0.500. The number of ether oxygens (including phenoxy) is 1. The maximum atomic E-state index is 12.4. The van der Waals surface area contributed by atoms with E-state index in [2.05, 4.69) is 20.7 Å². The van der Waals surface area contributed by atoms with Gasteiger partial charge in [0.2, 0.25) is 5.95 Å². The average Bonchev–Trinajstić information content (AvgIpc) is 3.03. The number of aromatic nitrogens is 3. The van der Waals surface area contributed by atoms with E-state index in [1.54, 1.807) is 30.4 Å². The van der Waals surface area contributed by atoms with Crippen LogP contribution in [0.4, 0.5) is 5.95 Å². The zero-order valence-electron chi connectivity index (χ0n) is 15.8. The molecule has 1 atom stereocenters. The first kappa shape index (κ1) is 21.5. The van der Waals surface area contributed by atoms with E-state index in [0.29, 0.717) is 17.6 Å². The van der Waals surface area contributed by atoms with Gasteiger partial charge in [0.05, 0.1) is 0 Å². The number of hydrogen-bond acceptors (Lipinski definition) is 6. The Morgan fingerprint density at radius 3 is 2.63 bits per heavy atom. The maximum absolute atomic E-state index is 12.4. The molecule has 27 heavy (non-hydrogen) atoms. The van der Waals surface area contributed by atoms with Crippen molar-refractivity contribution >= 4 is 36.0 Å². The molecule has 3 rings (SSSR count). The van der Waals surface area contributed by atoms with Gasteiger partial charge in [-0.2, -0.15) is 10.1 Å². The molecule has 1 aliphatic rings. The third kappa shape index (κ3) is 5.60. The first-order valence-corrected chi connectivity index (χ1v) is 10.0. The molecule has 1 amide bonds. The Labute approximate surface area is 170 Å². The summed E-state index contributed by atoms with van der Waals surface area (Å²) in [6.45, 7) is 3.68. The number of nitrogens with one attached hydrogen (secondary N) is 2. The van der Waals surface area contributed by atoms with Crippen molar-refractivity contribution in [1.82, 2.24) is 20.1 Å². The highest BCUT2D eigenvalue weighted by atomic mass is 35.5. The number of amides is 1. The second-order valence-corrected chi connectivity index (χ2v) is 7.25. The summed E-state index contributed by atoms with van der Waals surface area (Å²) in [6, 6.07) is 7.68. The van der Waals surface area contributed by atoms with Crippen LogP contribution in [-0.2, 0) is 11.8 Å². The Bertz CT molecular complexity index is 747. The Morgan fingerprint density at radius 1 is 1.33 bits per heavy atom. The molecular weight excluding hydrogens is 386 g/mol. The van der Waals surface area contributed by atoms with Crippen LogP contribution in [0.25, 0.3) is 0 Å². The van der Waals surface area contributed by atoms with Crippen LogP contribution in [0.1, 0.15) is 31.5 Å². The zero-order valence-corrected chi connectivity index (χ0v) is 17.4. The fourth-order valence-corrected chi connectivity index (χ4v) is 3.30. The zero-order chi connectivity index (χ0) is 18.5. The number of thioether (sulfide) groups is 1. The summed E-state index contributed by atoms with van der Waals surface area (Å²) >= 11 is 1.66. The van der Waals surface area contributed by atoms with Gasteiger partial charge in [-0.3, -0.25) is 10.1 Å². The van der Waals surface area contributed by atoms with E-state index in [1.165, 1.54) is 0 Å². The summed E-state index contributed by atoms with van der Waals surface area (Å²) in [4.78, 5) is 18.1. The summed E-state index contributed by atoms with van der Waals surface area (Å²) in [5, 5.41) is 10.6. The van der Waals surface area contributed by atoms with Crippen molar-refractivity contribution in [1.29, 1.82) is 0 Å². The fourth-order valence-electron chi connectivity index (χ4n) is 2.89. The summed E-state index contributed by atoms with van der Waals surface area (Å²) in [5.41, 5.74) is 0. The number of aryl methyl sites for hydroxylation is 1. The number of piperidine rings is 1. The predicted octanol–water partition coefficient (Wildman–Crippen LogP) is 2.83. The molecule has 2 N–H and O–H groups in total. The molecule has 0 aliphatic carbocycles. The molecule has 1 saturated heterocycles. The second kappa shape index (κ2) is 9.96. The molecule has 2 heterocycles. The number of nitrogens with zero attached hydrogens (tertiary/aromatic N) is 3. The van der Waals surface area contributed by atoms with Gasteiger partial charge in [0.25, 0.3) is 5.91 Å². The van der Waals surface area contributed by atoms with Crippen molar-refractivity contribution in [3.8, 4) is 5.75 Å². The summed E-state index contributed by atoms with van der Waals surface area (Å²) < 4.78 is 7.34. The van der Waals surface area contributed by atoms with E-state index in [4.69, 9.17) is 4.74 Å². The number of hydrogen-bond donors (Lipinski definition) is 2. The molecule has 0 radical (unpaired) electrons. The number of carbonyl (C=O) groups excluding carboxylic acids is 1. The van der Waals surface area contributed by atoms with Crippen LogP contribution >= 0.6 is 24.2 Å². The van der Waals surface area contributed by atoms with Crippen molar-refractivity contribution in [2.45, 2.75) is 36.7 Å². The van der Waals surface area contributed by atoms with Crippen molar-refractivity contribution in [3.05, 3.63) is 30.1 Å². The van der Waals surface area contributed by atoms with Gasteiger partial charge >= 0.3 is 0 Å². The van der Waals surface area contributed by atoms with Crippen molar-refractivity contribution in [3.63, 3.8) is 0 Å². The van der Waals surface area contributed by atoms with Gasteiger partial charge in [0.15, 0.2) is 11.9 Å². The molecule has 0 bridgehead atoms. The molecule has 0 spiro atoms. The van der Waals surface area contributed by atoms with Crippen LogP contribution in [0.2, 0.25) is 0 Å². The average molecular weight is 412 g/mol. The minimum Gasteiger partial charge on any atom is -0.481 e. The summed E-state index contributed by atoms with van der Waals surface area (Å²) in [7, 11) is 1.79. The molecule has 9 heteroatoms. The Morgan fingerprint density at radius 2 is 2.00 bits per heavy atom. The first-order valence-electron chi connectivity index (χ1n) is 8.80. The Hall–Kier alpha value is -1.77. The highest BCUT2D eigenvalue weighted by Crippen LogP contribution is 2.23. The van der Waals surface area contributed by atoms with E-state index in [9.17, 15) is 4.79 Å². The van der Waals surface area contributed by atoms with Gasteiger partial charge in [-0.05, 0) is 63.4 Å².